The fourth-order valence-corrected chi connectivity index (χ4v) is 1.60. The Bertz CT molecular complexity index is 681. The summed E-state index contributed by atoms with van der Waals surface area (Å²) in [4.78, 5) is 0. The lowest BCUT2D eigenvalue weighted by atomic mass is 9.91. The molecule has 0 aliphatic rings. The summed E-state index contributed by atoms with van der Waals surface area (Å²) in [6, 6.07) is 0. The van der Waals surface area contributed by atoms with Gasteiger partial charge in [-0.25, -0.2) is 8.42 Å². The first-order valence-electron chi connectivity index (χ1n) is 5.71. The summed E-state index contributed by atoms with van der Waals surface area (Å²) in [6.07, 6.45) is -15.2. The van der Waals surface area contributed by atoms with E-state index >= 15 is 0 Å². The smallest absolute Gasteiger partial charge is 0.202 e. The average molecular weight is 500 g/mol. The van der Waals surface area contributed by atoms with Crippen LogP contribution in [0.1, 0.15) is 0 Å². The van der Waals surface area contributed by atoms with E-state index < -0.39 is 58.8 Å². The average Bonchev–Trinajstić information content (AvgIpc) is 2.43. The highest BCUT2D eigenvalue weighted by Crippen LogP contribution is 2.63. The fourth-order valence-electron chi connectivity index (χ4n) is 1.30. The largest absolute Gasteiger partial charge is 0.460 e. The molecule has 0 N–H and O–H groups in total. The minimum atomic E-state index is -8.78. The molecule has 3 nitrogen and oxygen atoms in total. The number of halogens is 17. The first-order chi connectivity index (χ1) is 12.2. The van der Waals surface area contributed by atoms with Gasteiger partial charge in [0.05, 0.1) is 0 Å². The second-order valence-corrected chi connectivity index (χ2v) is 5.41. The van der Waals surface area contributed by atoms with Crippen molar-refractivity contribution in [2.24, 2.45) is 0 Å². The molecular formula is C8HF17O3S. The van der Waals surface area contributed by atoms with Gasteiger partial charge in [-0.1, -0.05) is 0 Å². The molecule has 0 fully saturated rings. The van der Waals surface area contributed by atoms with Gasteiger partial charge in [0, 0.05) is 0 Å². The summed E-state index contributed by atoms with van der Waals surface area (Å²) in [7, 11) is -5.33. The summed E-state index contributed by atoms with van der Waals surface area (Å²) in [5, 5.41) is 0. The summed E-state index contributed by atoms with van der Waals surface area (Å²) in [6.45, 7) is 0. The van der Waals surface area contributed by atoms with Crippen LogP contribution in [0.15, 0.2) is 0 Å². The van der Waals surface area contributed by atoms with Crippen molar-refractivity contribution in [3.8, 4) is 0 Å². The molecule has 21 heteroatoms. The maximum atomic E-state index is 13.1. The Morgan fingerprint density at radius 2 is 0.655 bits per heavy atom. The molecule has 0 heterocycles. The number of rotatable bonds is 8. The zero-order valence-corrected chi connectivity index (χ0v) is 13.0. The van der Waals surface area contributed by atoms with Crippen LogP contribution in [0, 0.1) is 0 Å². The van der Waals surface area contributed by atoms with E-state index in [2.05, 4.69) is 0 Å². The van der Waals surface area contributed by atoms with Crippen molar-refractivity contribution in [3.63, 3.8) is 0 Å². The van der Waals surface area contributed by atoms with Crippen LogP contribution in [0.5, 0.6) is 0 Å². The predicted molar refractivity (Wildman–Crippen MR) is 52.1 cm³/mol. The van der Waals surface area contributed by atoms with E-state index in [1.54, 1.807) is 4.18 Å². The van der Waals surface area contributed by atoms with E-state index in [4.69, 9.17) is 0 Å². The van der Waals surface area contributed by atoms with Crippen LogP contribution in [0.4, 0.5) is 74.6 Å². The van der Waals surface area contributed by atoms with Gasteiger partial charge in [-0.15, -0.1) is 0 Å². The molecule has 0 amide bonds. The summed E-state index contributed by atoms with van der Waals surface area (Å²) in [5.74, 6) is -51.2. The van der Waals surface area contributed by atoms with Crippen LogP contribution in [0.3, 0.4) is 0 Å². The van der Waals surface area contributed by atoms with Gasteiger partial charge in [-0.2, -0.15) is 78.8 Å². The van der Waals surface area contributed by atoms with E-state index in [1.807, 2.05) is 0 Å². The Labute approximate surface area is 147 Å². The van der Waals surface area contributed by atoms with E-state index in [-0.39, 0.29) is 0 Å². The Balaban J connectivity index is 6.72. The fraction of sp³-hybridized carbons (Fsp3) is 1.00. The van der Waals surface area contributed by atoms with Gasteiger partial charge in [0.15, 0.2) is 0 Å². The molecule has 0 aliphatic carbocycles. The van der Waals surface area contributed by atoms with Crippen molar-refractivity contribution in [1.82, 2.24) is 0 Å². The molecule has 0 rings (SSSR count). The van der Waals surface area contributed by atoms with Crippen LogP contribution in [0.2, 0.25) is 0 Å². The monoisotopic (exact) mass is 500 g/mol. The zero-order chi connectivity index (χ0) is 24.3. The Morgan fingerprint density at radius 1 is 0.414 bits per heavy atom. The Kier molecular flexibility index (Phi) is 6.57. The topological polar surface area (TPSA) is 43.4 Å². The van der Waals surface area contributed by atoms with Gasteiger partial charge < -0.3 is 0 Å². The molecule has 0 unspecified atom stereocenters. The van der Waals surface area contributed by atoms with Gasteiger partial charge in [-0.05, 0) is 0 Å². The molecule has 0 bridgehead atoms. The van der Waals surface area contributed by atoms with E-state index in [1.165, 1.54) is 0 Å². The highest BCUT2D eigenvalue weighted by atomic mass is 32.2. The van der Waals surface area contributed by atoms with E-state index in [9.17, 15) is 83.1 Å². The van der Waals surface area contributed by atoms with Crippen molar-refractivity contribution in [3.05, 3.63) is 0 Å². The number of alkyl halides is 17. The minimum Gasteiger partial charge on any atom is -0.202 e. The van der Waals surface area contributed by atoms with Gasteiger partial charge >= 0.3 is 47.8 Å². The van der Waals surface area contributed by atoms with Crippen molar-refractivity contribution < 1.29 is 87.2 Å². The lowest BCUT2D eigenvalue weighted by Crippen LogP contribution is -2.74. The van der Waals surface area contributed by atoms with Crippen LogP contribution in [-0.2, 0) is 15.2 Å². The van der Waals surface area contributed by atoms with Crippen molar-refractivity contribution >= 4 is 11.0 Å². The molecule has 176 valence electrons. The minimum absolute atomic E-state index is 1.80. The van der Waals surface area contributed by atoms with Gasteiger partial charge in [0.1, 0.15) is 0 Å². The third kappa shape index (κ3) is 3.67. The summed E-state index contributed by atoms with van der Waals surface area (Å²) < 4.78 is 236. The standard InChI is InChI=1S/C8HF17O3S/c9-1(10,3(13,14)5(17,18)7(21,22)23)2(11,12)4(15,16)6(19,20)8(24,25)28-29(26)27/h29H. The SMILES string of the molecule is O=[SH](=O)OC(F)(F)C(F)(F)C(F)(F)C(F)(F)C(F)(F)C(F)(F)C(F)(F)C(F)(F)F. The third-order valence-corrected chi connectivity index (χ3v) is 3.26. The lowest BCUT2D eigenvalue weighted by Gasteiger charge is -2.42. The Hall–Kier alpha value is -1.28. The molecule has 0 aromatic rings. The van der Waals surface area contributed by atoms with Crippen LogP contribution >= 0.6 is 0 Å². The van der Waals surface area contributed by atoms with Crippen LogP contribution < -0.4 is 0 Å². The molecule has 0 aromatic heterocycles. The maximum absolute atomic E-state index is 13.1. The molecule has 0 spiro atoms. The van der Waals surface area contributed by atoms with Crippen molar-refractivity contribution in [1.29, 1.82) is 0 Å². The zero-order valence-electron chi connectivity index (χ0n) is 12.1. The summed E-state index contributed by atoms with van der Waals surface area (Å²) >= 11 is 0. The predicted octanol–water partition coefficient (Wildman–Crippen LogP) is 4.50. The third-order valence-electron chi connectivity index (χ3n) is 2.88. The van der Waals surface area contributed by atoms with Gasteiger partial charge in [-0.3, -0.25) is 0 Å². The molecule has 29 heavy (non-hydrogen) atoms. The van der Waals surface area contributed by atoms with Gasteiger partial charge in [0.2, 0.25) is 0 Å². The summed E-state index contributed by atoms with van der Waals surface area (Å²) in [5.41, 5.74) is 0. The second-order valence-electron chi connectivity index (χ2n) is 4.78. The van der Waals surface area contributed by atoms with Gasteiger partial charge in [0.25, 0.3) is 11.0 Å². The second kappa shape index (κ2) is 6.87. The molecule has 0 aromatic carbocycles. The molecule has 0 saturated heterocycles. The maximum Gasteiger partial charge on any atom is 0.460 e. The van der Waals surface area contributed by atoms with Crippen molar-refractivity contribution in [2.45, 2.75) is 47.8 Å². The number of thiol groups is 1. The molecule has 0 radical (unpaired) electrons. The van der Waals surface area contributed by atoms with E-state index in [0.717, 1.165) is 0 Å². The molecule has 0 saturated carbocycles. The van der Waals surface area contributed by atoms with Crippen LogP contribution in [0.25, 0.3) is 0 Å². The highest BCUT2D eigenvalue weighted by molar-refractivity contribution is 7.67. The first kappa shape index (κ1) is 27.7. The highest BCUT2D eigenvalue weighted by Gasteiger charge is 2.95. The number of hydrogen-bond donors (Lipinski definition) is 1. The number of hydrogen-bond acceptors (Lipinski definition) is 3. The van der Waals surface area contributed by atoms with Crippen molar-refractivity contribution in [2.75, 3.05) is 0 Å². The van der Waals surface area contributed by atoms with Crippen LogP contribution in [-0.4, -0.2) is 56.2 Å². The molecular weight excluding hydrogens is 499 g/mol. The Morgan fingerprint density at radius 3 is 0.897 bits per heavy atom. The molecule has 0 aliphatic heterocycles. The lowest BCUT2D eigenvalue weighted by molar-refractivity contribution is -0.471. The first-order valence-corrected chi connectivity index (χ1v) is 6.81. The normalized spacial score (nSPS) is 16.5. The van der Waals surface area contributed by atoms with E-state index in [0.29, 0.717) is 0 Å². The molecule has 0 atom stereocenters. The quantitative estimate of drug-likeness (QED) is 0.395.